The molecule has 0 unspecified atom stereocenters. The number of aromatic nitrogens is 2. The minimum Gasteiger partial charge on any atom is -0.468 e. The molecule has 0 fully saturated rings. The number of nitrogens with zero attached hydrogens (tertiary/aromatic N) is 4. The van der Waals surface area contributed by atoms with E-state index in [9.17, 15) is 19.7 Å². The van der Waals surface area contributed by atoms with Crippen LogP contribution in [0.4, 0.5) is 5.69 Å². The third kappa shape index (κ3) is 4.12. The van der Waals surface area contributed by atoms with E-state index in [1.165, 1.54) is 35.9 Å². The third-order valence-corrected chi connectivity index (χ3v) is 5.42. The van der Waals surface area contributed by atoms with E-state index in [0.29, 0.717) is 16.0 Å². The van der Waals surface area contributed by atoms with Gasteiger partial charge in [0.05, 0.1) is 22.2 Å². The maximum Gasteiger partial charge on any atom is 0.325 e. The van der Waals surface area contributed by atoms with Gasteiger partial charge in [-0.1, -0.05) is 46.8 Å². The maximum absolute atomic E-state index is 12.7. The monoisotopic (exact) mass is 438 g/mol. The van der Waals surface area contributed by atoms with Gasteiger partial charge in [-0.2, -0.15) is 4.99 Å². The molecule has 31 heavy (non-hydrogen) atoms. The molecule has 0 atom stereocenters. The number of thiazole rings is 1. The minimum atomic E-state index is -0.675. The van der Waals surface area contributed by atoms with Crippen molar-refractivity contribution in [2.24, 2.45) is 4.99 Å². The predicted octanol–water partition coefficient (Wildman–Crippen LogP) is 3.18. The number of hydrogen-bond donors (Lipinski definition) is 0. The molecule has 0 spiro atoms. The second-order valence-electron chi connectivity index (χ2n) is 6.32. The number of rotatable bonds is 5. The Kier molecular flexibility index (Phi) is 5.41. The smallest absolute Gasteiger partial charge is 0.325 e. The Balaban J connectivity index is 1.77. The number of amides is 1. The number of fused-ring (bicyclic) bond motifs is 1. The Morgan fingerprint density at radius 1 is 1.23 bits per heavy atom. The van der Waals surface area contributed by atoms with Gasteiger partial charge < -0.3 is 13.8 Å². The van der Waals surface area contributed by atoms with Gasteiger partial charge in [-0.25, -0.2) is 0 Å². The van der Waals surface area contributed by atoms with Crippen molar-refractivity contribution in [2.75, 3.05) is 7.11 Å². The van der Waals surface area contributed by atoms with Gasteiger partial charge in [0, 0.05) is 23.8 Å². The number of hydrogen-bond acceptors (Lipinski definition) is 8. The van der Waals surface area contributed by atoms with E-state index in [0.717, 1.165) is 16.9 Å². The quantitative estimate of drug-likeness (QED) is 0.266. The summed E-state index contributed by atoms with van der Waals surface area (Å²) >= 11 is 1.04. The lowest BCUT2D eigenvalue weighted by Gasteiger charge is -2.03. The number of ether oxygens (including phenoxy) is 1. The lowest BCUT2D eigenvalue weighted by atomic mass is 10.1. The summed E-state index contributed by atoms with van der Waals surface area (Å²) in [4.78, 5) is 39.4. The topological polar surface area (TPSA) is 130 Å². The van der Waals surface area contributed by atoms with Crippen LogP contribution in [0.25, 0.3) is 21.5 Å². The summed E-state index contributed by atoms with van der Waals surface area (Å²) in [7, 11) is 1.24. The first-order valence-electron chi connectivity index (χ1n) is 8.92. The van der Waals surface area contributed by atoms with Gasteiger partial charge in [0.2, 0.25) is 0 Å². The average molecular weight is 438 g/mol. The summed E-state index contributed by atoms with van der Waals surface area (Å²) in [6.07, 6.45) is 0. The third-order valence-electron chi connectivity index (χ3n) is 4.38. The number of esters is 1. The fourth-order valence-corrected chi connectivity index (χ4v) is 3.93. The molecule has 11 heteroatoms. The van der Waals surface area contributed by atoms with Gasteiger partial charge in [-0.3, -0.25) is 19.7 Å². The van der Waals surface area contributed by atoms with E-state index in [2.05, 4.69) is 10.1 Å². The van der Waals surface area contributed by atoms with Crippen molar-refractivity contribution in [3.63, 3.8) is 0 Å². The van der Waals surface area contributed by atoms with E-state index >= 15 is 0 Å². The Morgan fingerprint density at radius 3 is 2.71 bits per heavy atom. The van der Waals surface area contributed by atoms with E-state index < -0.39 is 16.8 Å². The highest BCUT2D eigenvalue weighted by Gasteiger charge is 2.17. The van der Waals surface area contributed by atoms with Gasteiger partial charge in [0.25, 0.3) is 5.69 Å². The summed E-state index contributed by atoms with van der Waals surface area (Å²) in [5.74, 6) is -0.820. The molecule has 0 N–H and O–H groups in total. The van der Waals surface area contributed by atoms with Crippen molar-refractivity contribution < 1.29 is 23.8 Å². The first-order chi connectivity index (χ1) is 15.0. The molecule has 2 aromatic heterocycles. The van der Waals surface area contributed by atoms with Crippen molar-refractivity contribution in [2.45, 2.75) is 6.54 Å². The van der Waals surface area contributed by atoms with Crippen LogP contribution < -0.4 is 4.80 Å². The fourth-order valence-electron chi connectivity index (χ4n) is 2.87. The van der Waals surface area contributed by atoms with E-state index in [1.807, 2.05) is 30.3 Å². The van der Waals surface area contributed by atoms with Gasteiger partial charge in [-0.05, 0) is 6.07 Å². The van der Waals surface area contributed by atoms with Crippen molar-refractivity contribution in [1.29, 1.82) is 0 Å². The van der Waals surface area contributed by atoms with Crippen molar-refractivity contribution in [3.8, 4) is 11.3 Å². The van der Waals surface area contributed by atoms with Crippen LogP contribution >= 0.6 is 11.3 Å². The molecule has 0 aliphatic carbocycles. The minimum absolute atomic E-state index is 0.00749. The fraction of sp³-hybridized carbons (Fsp3) is 0.100. The summed E-state index contributed by atoms with van der Waals surface area (Å²) in [5.41, 5.74) is 1.15. The van der Waals surface area contributed by atoms with Crippen LogP contribution in [0.1, 0.15) is 10.5 Å². The molecule has 0 saturated heterocycles. The van der Waals surface area contributed by atoms with Crippen LogP contribution in [-0.2, 0) is 16.1 Å². The molecule has 0 saturated carbocycles. The van der Waals surface area contributed by atoms with E-state index in [-0.39, 0.29) is 22.7 Å². The zero-order chi connectivity index (χ0) is 22.0. The molecule has 4 rings (SSSR count). The number of benzene rings is 2. The molecule has 10 nitrogen and oxygen atoms in total. The molecule has 4 aromatic rings. The maximum atomic E-state index is 12.7. The van der Waals surface area contributed by atoms with Crippen molar-refractivity contribution >= 4 is 39.1 Å². The molecular formula is C20H14N4O6S. The summed E-state index contributed by atoms with van der Waals surface area (Å²) < 4.78 is 11.9. The number of carbonyl (C=O) groups excluding carboxylic acids is 2. The lowest BCUT2D eigenvalue weighted by Crippen LogP contribution is -2.22. The van der Waals surface area contributed by atoms with E-state index in [4.69, 9.17) is 9.26 Å². The molecule has 0 aliphatic rings. The van der Waals surface area contributed by atoms with Crippen molar-refractivity contribution in [3.05, 3.63) is 75.2 Å². The van der Waals surface area contributed by atoms with Gasteiger partial charge in [0.15, 0.2) is 16.3 Å². The first-order valence-corrected chi connectivity index (χ1v) is 9.73. The second kappa shape index (κ2) is 8.32. The standard InChI is InChI=1S/C20H14N4O6S/c1-29-18(25)11-23-15-8-7-13(24(27)28)9-17(15)31-20(23)21-19(26)14-10-16(30-22-14)12-5-3-2-4-6-12/h2-10H,11H2,1H3. The SMILES string of the molecule is COC(=O)Cn1c(=NC(=O)c2cc(-c3ccccc3)on2)sc2cc([N+](=O)[O-])ccc21. The Bertz CT molecular complexity index is 1370. The van der Waals surface area contributed by atoms with Crippen LogP contribution in [0, 0.1) is 10.1 Å². The lowest BCUT2D eigenvalue weighted by molar-refractivity contribution is -0.384. The molecule has 0 radical (unpaired) electrons. The molecule has 0 aliphatic heterocycles. The molecule has 1 amide bonds. The number of non-ortho nitro benzene ring substituents is 1. The summed E-state index contributed by atoms with van der Waals surface area (Å²) in [6, 6.07) is 14.8. The van der Waals surface area contributed by atoms with E-state index in [1.54, 1.807) is 0 Å². The summed E-state index contributed by atoms with van der Waals surface area (Å²) in [5, 5.41) is 14.9. The van der Waals surface area contributed by atoms with Crippen LogP contribution in [0.15, 0.2) is 64.1 Å². The highest BCUT2D eigenvalue weighted by molar-refractivity contribution is 7.16. The zero-order valence-electron chi connectivity index (χ0n) is 16.0. The predicted molar refractivity (Wildman–Crippen MR) is 110 cm³/mol. The normalized spacial score (nSPS) is 11.6. The van der Waals surface area contributed by atoms with Crippen LogP contribution in [0.2, 0.25) is 0 Å². The molecule has 0 bridgehead atoms. The largest absolute Gasteiger partial charge is 0.468 e. The second-order valence-corrected chi connectivity index (χ2v) is 7.32. The van der Waals surface area contributed by atoms with Gasteiger partial charge in [-0.15, -0.1) is 0 Å². The number of nitro benzene ring substituents is 1. The number of methoxy groups -OCH3 is 1. The Hall–Kier alpha value is -4.12. The highest BCUT2D eigenvalue weighted by Crippen LogP contribution is 2.24. The molecular weight excluding hydrogens is 424 g/mol. The molecule has 2 aromatic carbocycles. The van der Waals surface area contributed by atoms with Gasteiger partial charge in [0.1, 0.15) is 6.54 Å². The Labute approximate surface area is 178 Å². The molecule has 2 heterocycles. The first kappa shape index (κ1) is 20.2. The average Bonchev–Trinajstić information content (AvgIpc) is 3.39. The van der Waals surface area contributed by atoms with Gasteiger partial charge >= 0.3 is 11.9 Å². The van der Waals surface area contributed by atoms with Crippen molar-refractivity contribution in [1.82, 2.24) is 9.72 Å². The van der Waals surface area contributed by atoms with Crippen LogP contribution in [0.3, 0.4) is 0 Å². The highest BCUT2D eigenvalue weighted by atomic mass is 32.1. The zero-order valence-corrected chi connectivity index (χ0v) is 16.9. The Morgan fingerprint density at radius 2 is 2.00 bits per heavy atom. The number of nitro groups is 1. The summed E-state index contributed by atoms with van der Waals surface area (Å²) in [6.45, 7) is -0.214. The number of carbonyl (C=O) groups is 2. The van der Waals surface area contributed by atoms with Crippen LogP contribution in [0.5, 0.6) is 0 Å². The van der Waals surface area contributed by atoms with Crippen LogP contribution in [-0.4, -0.2) is 33.6 Å². The molecule has 156 valence electrons.